The van der Waals surface area contributed by atoms with Crippen molar-refractivity contribution in [2.75, 3.05) is 31.1 Å². The molecule has 3 fully saturated rings. The molecule has 0 aromatic carbocycles. The fourth-order valence-electron chi connectivity index (χ4n) is 2.34. The van der Waals surface area contributed by atoms with Crippen molar-refractivity contribution in [2.45, 2.75) is 6.04 Å². The average Bonchev–Trinajstić information content (AvgIpc) is 2.28. The summed E-state index contributed by atoms with van der Waals surface area (Å²) in [5.41, 5.74) is 1.74. The van der Waals surface area contributed by atoms with E-state index in [4.69, 9.17) is 5.26 Å². The average molecular weight is 200 g/mol. The molecule has 2 bridgehead atoms. The van der Waals surface area contributed by atoms with Crippen molar-refractivity contribution < 1.29 is 0 Å². The summed E-state index contributed by atoms with van der Waals surface area (Å²) in [5.74, 6) is 0. The molecular formula is C11H12N4. The molecule has 0 N–H and O–H groups in total. The van der Waals surface area contributed by atoms with Gasteiger partial charge >= 0.3 is 0 Å². The van der Waals surface area contributed by atoms with E-state index in [1.54, 1.807) is 6.20 Å². The number of anilines is 1. The molecule has 0 spiro atoms. The topological polar surface area (TPSA) is 43.2 Å². The van der Waals surface area contributed by atoms with Gasteiger partial charge in [0.25, 0.3) is 0 Å². The molecule has 3 aliphatic heterocycles. The lowest BCUT2D eigenvalue weighted by Crippen LogP contribution is -2.66. The number of pyridine rings is 1. The van der Waals surface area contributed by atoms with Crippen LogP contribution >= 0.6 is 0 Å². The minimum absolute atomic E-state index is 0.634. The van der Waals surface area contributed by atoms with Gasteiger partial charge in [-0.2, -0.15) is 5.26 Å². The molecule has 0 unspecified atom stereocenters. The molecule has 0 amide bonds. The summed E-state index contributed by atoms with van der Waals surface area (Å²) in [7, 11) is 0. The smallest absolute Gasteiger partial charge is 0.101 e. The van der Waals surface area contributed by atoms with Gasteiger partial charge in [0.05, 0.1) is 23.5 Å². The highest BCUT2D eigenvalue weighted by atomic mass is 15.4. The van der Waals surface area contributed by atoms with Crippen molar-refractivity contribution in [2.24, 2.45) is 0 Å². The standard InChI is InChI=1S/C11H12N4/c12-4-9-3-10(6-13-5-9)15-2-1-14-7-11(15)8-14/h3,5-6,11H,1-2,7-8H2. The summed E-state index contributed by atoms with van der Waals surface area (Å²) in [6.07, 6.45) is 3.47. The van der Waals surface area contributed by atoms with Crippen LogP contribution in [0.5, 0.6) is 0 Å². The van der Waals surface area contributed by atoms with Crippen LogP contribution in [0.1, 0.15) is 5.56 Å². The van der Waals surface area contributed by atoms with Gasteiger partial charge in [0.2, 0.25) is 0 Å². The zero-order valence-electron chi connectivity index (χ0n) is 8.43. The first-order chi connectivity index (χ1) is 7.36. The number of nitriles is 1. The highest BCUT2D eigenvalue weighted by molar-refractivity contribution is 5.51. The van der Waals surface area contributed by atoms with E-state index in [9.17, 15) is 0 Å². The summed E-state index contributed by atoms with van der Waals surface area (Å²) in [5, 5.41) is 8.82. The van der Waals surface area contributed by atoms with Gasteiger partial charge in [0.1, 0.15) is 6.07 Å². The van der Waals surface area contributed by atoms with E-state index in [0.29, 0.717) is 11.6 Å². The molecule has 4 nitrogen and oxygen atoms in total. The quantitative estimate of drug-likeness (QED) is 0.660. The fraction of sp³-hybridized carbons (Fsp3) is 0.455. The number of rotatable bonds is 1. The van der Waals surface area contributed by atoms with Crippen LogP contribution in [0.4, 0.5) is 5.69 Å². The lowest BCUT2D eigenvalue weighted by Gasteiger charge is -2.52. The molecule has 0 atom stereocenters. The van der Waals surface area contributed by atoms with Crippen molar-refractivity contribution >= 4 is 5.69 Å². The van der Waals surface area contributed by atoms with Crippen LogP contribution in [0.15, 0.2) is 18.5 Å². The molecule has 4 rings (SSSR count). The van der Waals surface area contributed by atoms with Crippen molar-refractivity contribution in [3.05, 3.63) is 24.0 Å². The molecule has 76 valence electrons. The SMILES string of the molecule is N#Cc1cncc(N2CCN3CC2C3)c1. The van der Waals surface area contributed by atoms with Crippen molar-refractivity contribution in [3.8, 4) is 6.07 Å². The first-order valence-corrected chi connectivity index (χ1v) is 5.21. The maximum atomic E-state index is 8.82. The molecule has 1 aromatic heterocycles. The van der Waals surface area contributed by atoms with E-state index in [1.807, 2.05) is 12.3 Å². The Morgan fingerprint density at radius 2 is 2.20 bits per heavy atom. The Bertz CT molecular complexity index is 414. The van der Waals surface area contributed by atoms with E-state index in [-0.39, 0.29) is 0 Å². The molecule has 3 aliphatic rings. The molecule has 15 heavy (non-hydrogen) atoms. The Hall–Kier alpha value is -1.60. The van der Waals surface area contributed by atoms with Crippen LogP contribution in [0.3, 0.4) is 0 Å². The molecular weight excluding hydrogens is 188 g/mol. The zero-order chi connectivity index (χ0) is 10.3. The van der Waals surface area contributed by atoms with E-state index >= 15 is 0 Å². The van der Waals surface area contributed by atoms with Gasteiger partial charge in [-0.15, -0.1) is 0 Å². The van der Waals surface area contributed by atoms with Gasteiger partial charge in [-0.1, -0.05) is 0 Å². The van der Waals surface area contributed by atoms with Gasteiger partial charge < -0.3 is 4.90 Å². The molecule has 0 aliphatic carbocycles. The monoisotopic (exact) mass is 200 g/mol. The maximum absolute atomic E-state index is 8.82. The fourth-order valence-corrected chi connectivity index (χ4v) is 2.34. The summed E-state index contributed by atoms with van der Waals surface area (Å²) in [6.45, 7) is 4.52. The predicted molar refractivity (Wildman–Crippen MR) is 56.5 cm³/mol. The number of fused-ring (bicyclic) bond motifs is 2. The third-order valence-corrected chi connectivity index (χ3v) is 3.22. The zero-order valence-corrected chi connectivity index (χ0v) is 8.43. The highest BCUT2D eigenvalue weighted by Gasteiger charge is 2.36. The second-order valence-electron chi connectivity index (χ2n) is 4.15. The van der Waals surface area contributed by atoms with Crippen molar-refractivity contribution in [3.63, 3.8) is 0 Å². The largest absolute Gasteiger partial charge is 0.363 e. The minimum Gasteiger partial charge on any atom is -0.363 e. The van der Waals surface area contributed by atoms with Gasteiger partial charge in [-0.3, -0.25) is 9.88 Å². The van der Waals surface area contributed by atoms with E-state index in [2.05, 4.69) is 20.9 Å². The Labute approximate surface area is 88.7 Å². The summed E-state index contributed by atoms with van der Waals surface area (Å²) in [4.78, 5) is 8.92. The number of aromatic nitrogens is 1. The van der Waals surface area contributed by atoms with E-state index < -0.39 is 0 Å². The van der Waals surface area contributed by atoms with Gasteiger partial charge in [0, 0.05) is 32.4 Å². The minimum atomic E-state index is 0.634. The molecule has 0 radical (unpaired) electrons. The van der Waals surface area contributed by atoms with E-state index in [1.165, 1.54) is 0 Å². The Balaban J connectivity index is 1.88. The second-order valence-corrected chi connectivity index (χ2v) is 4.15. The van der Waals surface area contributed by atoms with Crippen LogP contribution in [0.2, 0.25) is 0 Å². The van der Waals surface area contributed by atoms with Crippen molar-refractivity contribution in [1.29, 1.82) is 5.26 Å². The Kier molecular flexibility index (Phi) is 1.86. The normalized spacial score (nSPS) is 28.1. The molecule has 0 saturated carbocycles. The van der Waals surface area contributed by atoms with Crippen molar-refractivity contribution in [1.82, 2.24) is 9.88 Å². The molecule has 1 aromatic rings. The van der Waals surface area contributed by atoms with Crippen LogP contribution in [-0.4, -0.2) is 42.1 Å². The maximum Gasteiger partial charge on any atom is 0.101 e. The summed E-state index contributed by atoms with van der Waals surface area (Å²) in [6, 6.07) is 4.70. The first kappa shape index (κ1) is 8.69. The Morgan fingerprint density at radius 3 is 2.87 bits per heavy atom. The molecule has 4 heterocycles. The van der Waals surface area contributed by atoms with Gasteiger partial charge in [0.15, 0.2) is 0 Å². The van der Waals surface area contributed by atoms with Gasteiger partial charge in [-0.25, -0.2) is 0 Å². The lowest BCUT2D eigenvalue weighted by molar-refractivity contribution is 0.110. The van der Waals surface area contributed by atoms with E-state index in [0.717, 1.165) is 31.9 Å². The Morgan fingerprint density at radius 1 is 1.33 bits per heavy atom. The second kappa shape index (κ2) is 3.21. The molecule has 4 heteroatoms. The first-order valence-electron chi connectivity index (χ1n) is 5.21. The third-order valence-electron chi connectivity index (χ3n) is 3.22. The number of piperazine rings is 2. The number of nitrogens with zero attached hydrogens (tertiary/aromatic N) is 4. The highest BCUT2D eigenvalue weighted by Crippen LogP contribution is 2.26. The van der Waals surface area contributed by atoms with Crippen LogP contribution in [-0.2, 0) is 0 Å². The molecule has 3 saturated heterocycles. The van der Waals surface area contributed by atoms with Crippen LogP contribution < -0.4 is 4.90 Å². The number of hydrogen-bond acceptors (Lipinski definition) is 4. The van der Waals surface area contributed by atoms with Crippen LogP contribution in [0.25, 0.3) is 0 Å². The van der Waals surface area contributed by atoms with Gasteiger partial charge in [-0.05, 0) is 6.07 Å². The predicted octanol–water partition coefficient (Wildman–Crippen LogP) is 0.457. The third kappa shape index (κ3) is 1.36. The number of hydrogen-bond donors (Lipinski definition) is 0. The van der Waals surface area contributed by atoms with Crippen LogP contribution in [0, 0.1) is 11.3 Å². The summed E-state index contributed by atoms with van der Waals surface area (Å²) >= 11 is 0. The summed E-state index contributed by atoms with van der Waals surface area (Å²) < 4.78 is 0. The lowest BCUT2D eigenvalue weighted by atomic mass is 10.0.